The van der Waals surface area contributed by atoms with Gasteiger partial charge < -0.3 is 14.4 Å². The molecule has 2 aromatic carbocycles. The van der Waals surface area contributed by atoms with Gasteiger partial charge in [0.25, 0.3) is 0 Å². The zero-order chi connectivity index (χ0) is 32.8. The first-order valence-corrected chi connectivity index (χ1v) is 18.6. The maximum Gasteiger partial charge on any atom is 0.303 e. The molecule has 0 aliphatic carbocycles. The molecule has 0 bridgehead atoms. The number of carbonyl (C=O) groups excluding carboxylic acids is 1. The quantitative estimate of drug-likeness (QED) is 0.205. The van der Waals surface area contributed by atoms with Crippen molar-refractivity contribution in [3.05, 3.63) is 64.7 Å². The monoisotopic (exact) mass is 605 g/mol. The number of rotatable bonds is 11. The van der Waals surface area contributed by atoms with Crippen molar-refractivity contribution >= 4 is 25.9 Å². The number of amides is 1. The van der Waals surface area contributed by atoms with Crippen molar-refractivity contribution in [2.24, 2.45) is 5.41 Å². The van der Waals surface area contributed by atoms with E-state index in [1.807, 2.05) is 12.1 Å². The molecule has 0 fully saturated rings. The summed E-state index contributed by atoms with van der Waals surface area (Å²) < 4.78 is 6.79. The van der Waals surface area contributed by atoms with E-state index >= 15 is 0 Å². The Hall–Kier alpha value is -2.88. The van der Waals surface area contributed by atoms with Gasteiger partial charge in [0.2, 0.25) is 5.91 Å². The van der Waals surface area contributed by atoms with Crippen LogP contribution in [0.15, 0.2) is 42.5 Å². The number of carboxylic acids is 1. The fourth-order valence-electron chi connectivity index (χ4n) is 5.08. The minimum absolute atomic E-state index is 0.000291. The van der Waals surface area contributed by atoms with E-state index in [2.05, 4.69) is 118 Å². The number of nitrogens with zero attached hydrogens (tertiary/aromatic N) is 1. The highest BCUT2D eigenvalue weighted by atomic mass is 28.4. The highest BCUT2D eigenvalue weighted by molar-refractivity contribution is 6.74. The molecule has 236 valence electrons. The maximum absolute atomic E-state index is 12.6. The van der Waals surface area contributed by atoms with Gasteiger partial charge in [0.05, 0.1) is 0 Å². The lowest BCUT2D eigenvalue weighted by Gasteiger charge is -2.41. The summed E-state index contributed by atoms with van der Waals surface area (Å²) >= 11 is 0. The molecule has 0 aromatic heterocycles. The Balaban J connectivity index is 2.37. The molecule has 2 aromatic rings. The molecule has 1 amide bonds. The third-order valence-corrected chi connectivity index (χ3v) is 13.7. The molecule has 1 N–H and O–H groups in total. The van der Waals surface area contributed by atoms with Crippen LogP contribution in [0.4, 0.5) is 5.69 Å². The summed E-state index contributed by atoms with van der Waals surface area (Å²) in [6.07, 6.45) is 2.27. The van der Waals surface area contributed by atoms with Gasteiger partial charge in [-0.1, -0.05) is 91.5 Å². The topological polar surface area (TPSA) is 66.8 Å². The van der Waals surface area contributed by atoms with Crippen LogP contribution in [0, 0.1) is 24.2 Å². The number of aryl methyl sites for hydroxylation is 1. The minimum atomic E-state index is -1.98. The molecule has 2 rings (SSSR count). The van der Waals surface area contributed by atoms with Gasteiger partial charge in [-0.25, -0.2) is 0 Å². The fourth-order valence-corrected chi connectivity index (χ4v) is 6.43. The Morgan fingerprint density at radius 1 is 0.930 bits per heavy atom. The first-order valence-electron chi connectivity index (χ1n) is 15.7. The van der Waals surface area contributed by atoms with Crippen molar-refractivity contribution < 1.29 is 19.1 Å². The lowest BCUT2D eigenvalue weighted by molar-refractivity contribution is -0.137. The number of anilines is 1. The third-order valence-electron chi connectivity index (χ3n) is 9.29. The normalized spacial score (nSPS) is 13.2. The Bertz CT molecular complexity index is 1320. The van der Waals surface area contributed by atoms with Gasteiger partial charge in [0.1, 0.15) is 6.10 Å². The van der Waals surface area contributed by atoms with Crippen molar-refractivity contribution in [1.82, 2.24) is 0 Å². The summed E-state index contributed by atoms with van der Waals surface area (Å²) in [4.78, 5) is 25.0. The molecule has 6 heteroatoms. The minimum Gasteiger partial charge on any atom is -0.481 e. The predicted molar refractivity (Wildman–Crippen MR) is 182 cm³/mol. The summed E-state index contributed by atoms with van der Waals surface area (Å²) in [5, 5.41) is 8.98. The van der Waals surface area contributed by atoms with Gasteiger partial charge in [0, 0.05) is 36.6 Å². The number of aliphatic carboxylic acids is 1. The van der Waals surface area contributed by atoms with Crippen molar-refractivity contribution in [1.29, 1.82) is 0 Å². The van der Waals surface area contributed by atoms with Gasteiger partial charge in [-0.2, -0.15) is 0 Å². The molecule has 5 nitrogen and oxygen atoms in total. The van der Waals surface area contributed by atoms with Crippen LogP contribution in [0.25, 0.3) is 0 Å². The zero-order valence-electron chi connectivity index (χ0n) is 28.8. The average molecular weight is 606 g/mol. The molecule has 1 atom stereocenters. The van der Waals surface area contributed by atoms with Crippen molar-refractivity contribution in [2.45, 2.75) is 124 Å². The van der Waals surface area contributed by atoms with Crippen molar-refractivity contribution in [3.63, 3.8) is 0 Å². The van der Waals surface area contributed by atoms with Gasteiger partial charge in [-0.15, -0.1) is 0 Å². The molecule has 0 radical (unpaired) electrons. The molecule has 0 heterocycles. The smallest absolute Gasteiger partial charge is 0.303 e. The third kappa shape index (κ3) is 9.06. The van der Waals surface area contributed by atoms with Crippen LogP contribution in [-0.4, -0.2) is 38.5 Å². The summed E-state index contributed by atoms with van der Waals surface area (Å²) in [6.45, 7) is 24.5. The number of hydrogen-bond donors (Lipinski definition) is 1. The number of benzene rings is 2. The highest BCUT2D eigenvalue weighted by Crippen LogP contribution is 2.41. The second kappa shape index (κ2) is 14.3. The van der Waals surface area contributed by atoms with Gasteiger partial charge in [-0.05, 0) is 84.6 Å². The maximum atomic E-state index is 12.6. The van der Waals surface area contributed by atoms with Gasteiger partial charge >= 0.3 is 5.97 Å². The first-order chi connectivity index (χ1) is 19.8. The molecule has 0 aliphatic rings. The van der Waals surface area contributed by atoms with Crippen LogP contribution >= 0.6 is 0 Å². The number of hydrogen-bond acceptors (Lipinski definition) is 3. The van der Waals surface area contributed by atoms with E-state index in [-0.39, 0.29) is 40.7 Å². The van der Waals surface area contributed by atoms with E-state index < -0.39 is 14.3 Å². The summed E-state index contributed by atoms with van der Waals surface area (Å²) in [5.74, 6) is 6.02. The lowest BCUT2D eigenvalue weighted by Crippen LogP contribution is -2.46. The number of carboxylic acid groups (broad SMARTS) is 1. The largest absolute Gasteiger partial charge is 0.481 e. The van der Waals surface area contributed by atoms with Crippen molar-refractivity contribution in [2.75, 3.05) is 11.9 Å². The second-order valence-corrected chi connectivity index (χ2v) is 19.2. The Kier molecular flexibility index (Phi) is 12.0. The van der Waals surface area contributed by atoms with E-state index in [4.69, 9.17) is 9.53 Å². The Morgan fingerprint density at radius 2 is 1.49 bits per heavy atom. The van der Waals surface area contributed by atoms with E-state index in [1.54, 1.807) is 11.9 Å². The van der Waals surface area contributed by atoms with Crippen LogP contribution < -0.4 is 4.90 Å². The second-order valence-electron chi connectivity index (χ2n) is 14.5. The van der Waals surface area contributed by atoms with E-state index in [0.29, 0.717) is 6.42 Å². The molecule has 0 saturated heterocycles. The molecular weight excluding hydrogens is 550 g/mol. The molecule has 1 unspecified atom stereocenters. The van der Waals surface area contributed by atoms with Gasteiger partial charge in [-0.3, -0.25) is 9.59 Å². The molecule has 0 saturated carbocycles. The zero-order valence-corrected chi connectivity index (χ0v) is 29.8. The number of carbonyl (C=O) groups is 2. The molecule has 43 heavy (non-hydrogen) atoms. The summed E-state index contributed by atoms with van der Waals surface area (Å²) in [6, 6.07) is 14.9. The molecule has 0 aliphatic heterocycles. The molecule has 0 spiro atoms. The van der Waals surface area contributed by atoms with Crippen LogP contribution in [0.2, 0.25) is 18.1 Å². The summed E-state index contributed by atoms with van der Waals surface area (Å²) in [5.41, 5.74) is 5.19. The highest BCUT2D eigenvalue weighted by Gasteiger charge is 2.41. The standard InChI is InChI=1S/C37H55NO4Si/c1-13-37(14-2,29-21-23-31(24-22-29)38(10)33(39)16-15-17-34(40)41)30-20-18-28(27(3)26-30)19-25-32(35(4,5)6)42-43(11,12)36(7,8)9/h18,20-24,26,32H,13-17H2,1-12H3,(H,40,41). The lowest BCUT2D eigenvalue weighted by atomic mass is 9.70. The predicted octanol–water partition coefficient (Wildman–Crippen LogP) is 9.11. The summed E-state index contributed by atoms with van der Waals surface area (Å²) in [7, 11) is -0.239. The van der Waals surface area contributed by atoms with Crippen LogP contribution in [-0.2, 0) is 19.4 Å². The average Bonchev–Trinajstić information content (AvgIpc) is 2.91. The van der Waals surface area contributed by atoms with E-state index in [9.17, 15) is 9.59 Å². The fraction of sp³-hybridized carbons (Fsp3) is 0.568. The van der Waals surface area contributed by atoms with Crippen LogP contribution in [0.1, 0.15) is 110 Å². The van der Waals surface area contributed by atoms with E-state index in [1.165, 1.54) is 11.1 Å². The Morgan fingerprint density at radius 3 is 1.95 bits per heavy atom. The van der Waals surface area contributed by atoms with E-state index in [0.717, 1.165) is 29.7 Å². The Labute approximate surface area is 262 Å². The van der Waals surface area contributed by atoms with Gasteiger partial charge in [0.15, 0.2) is 8.32 Å². The van der Waals surface area contributed by atoms with Crippen molar-refractivity contribution in [3.8, 4) is 11.8 Å². The van der Waals surface area contributed by atoms with Crippen LogP contribution in [0.5, 0.6) is 0 Å². The SMILES string of the molecule is CCC(CC)(c1ccc(N(C)C(=O)CCCC(=O)O)cc1)c1ccc(C#CC(O[Si](C)(C)C(C)(C)C)C(C)(C)C)c(C)c1. The molecular formula is C37H55NO4Si. The van der Waals surface area contributed by atoms with Crippen LogP contribution in [0.3, 0.4) is 0 Å². The first kappa shape index (κ1) is 36.3.